The molecule has 0 aliphatic heterocycles. The monoisotopic (exact) mass is 390 g/mol. The predicted octanol–water partition coefficient (Wildman–Crippen LogP) is 2.16. The zero-order chi connectivity index (χ0) is 20.3. The van der Waals surface area contributed by atoms with Crippen molar-refractivity contribution in [2.24, 2.45) is 11.7 Å². The number of hydrogen-bond acceptors (Lipinski definition) is 7. The minimum absolute atomic E-state index is 0.0145. The van der Waals surface area contributed by atoms with E-state index in [2.05, 4.69) is 26.2 Å². The quantitative estimate of drug-likeness (QED) is 0.771. The number of nitriles is 1. The molecule has 2 unspecified atom stereocenters. The number of Topliss-reactive ketones (excluding diaryl/α,β-unsaturated/α-hetero) is 1. The van der Waals surface area contributed by atoms with E-state index in [0.29, 0.717) is 18.5 Å². The molecule has 1 amide bonds. The molecule has 0 aromatic carbocycles. The lowest BCUT2D eigenvalue weighted by Gasteiger charge is -2.26. The molecule has 11 heteroatoms. The van der Waals surface area contributed by atoms with Gasteiger partial charge in [0.05, 0.1) is 29.9 Å². The molecular weight excluding hydrogens is 374 g/mol. The number of nitrogens with two attached hydrogens (primary N) is 1. The smallest absolute Gasteiger partial charge is 0.388 e. The van der Waals surface area contributed by atoms with E-state index in [1.807, 2.05) is 0 Å². The number of alkyl halides is 2. The van der Waals surface area contributed by atoms with Gasteiger partial charge >= 0.3 is 6.61 Å². The van der Waals surface area contributed by atoms with Crippen molar-refractivity contribution in [3.05, 3.63) is 30.1 Å². The lowest BCUT2D eigenvalue weighted by atomic mass is 9.85. The SMILES string of the molecule is N#CC1CC(=O)CCC1n1cc(C(N)=O)c(Nc2ccc(OC(F)F)nc2)n1. The molecule has 9 nitrogen and oxygen atoms in total. The molecule has 3 rings (SSSR count). The number of aromatic nitrogens is 3. The third-order valence-corrected chi connectivity index (χ3v) is 4.34. The highest BCUT2D eigenvalue weighted by Crippen LogP contribution is 2.33. The topological polar surface area (TPSA) is 136 Å². The molecule has 1 aliphatic carbocycles. The fourth-order valence-corrected chi connectivity index (χ4v) is 3.03. The van der Waals surface area contributed by atoms with E-state index in [9.17, 15) is 23.6 Å². The van der Waals surface area contributed by atoms with Crippen LogP contribution >= 0.6 is 0 Å². The van der Waals surface area contributed by atoms with Crippen LogP contribution < -0.4 is 15.8 Å². The maximum atomic E-state index is 12.2. The Hall–Kier alpha value is -3.55. The second-order valence-corrected chi connectivity index (χ2v) is 6.21. The van der Waals surface area contributed by atoms with Gasteiger partial charge in [0.1, 0.15) is 11.3 Å². The van der Waals surface area contributed by atoms with E-state index >= 15 is 0 Å². The first-order chi connectivity index (χ1) is 13.4. The molecule has 0 radical (unpaired) electrons. The molecule has 0 spiro atoms. The van der Waals surface area contributed by atoms with Crippen molar-refractivity contribution < 1.29 is 23.1 Å². The van der Waals surface area contributed by atoms with Crippen molar-refractivity contribution in [1.29, 1.82) is 5.26 Å². The summed E-state index contributed by atoms with van der Waals surface area (Å²) < 4.78 is 30.0. The van der Waals surface area contributed by atoms with Gasteiger partial charge in [-0.15, -0.1) is 0 Å². The number of anilines is 2. The minimum atomic E-state index is -2.99. The summed E-state index contributed by atoms with van der Waals surface area (Å²) in [6, 6.07) is 4.40. The highest BCUT2D eigenvalue weighted by molar-refractivity contribution is 5.98. The number of carbonyl (C=O) groups is 2. The first kappa shape index (κ1) is 19.2. The van der Waals surface area contributed by atoms with Gasteiger partial charge in [0.25, 0.3) is 5.91 Å². The van der Waals surface area contributed by atoms with Crippen LogP contribution in [-0.2, 0) is 4.79 Å². The number of ketones is 1. The van der Waals surface area contributed by atoms with Crippen LogP contribution in [0.3, 0.4) is 0 Å². The summed E-state index contributed by atoms with van der Waals surface area (Å²) in [6.07, 6.45) is 3.55. The van der Waals surface area contributed by atoms with E-state index in [1.165, 1.54) is 29.2 Å². The molecule has 3 N–H and O–H groups in total. The lowest BCUT2D eigenvalue weighted by Crippen LogP contribution is -2.27. The average molecular weight is 390 g/mol. The third kappa shape index (κ3) is 4.22. The Balaban J connectivity index is 1.84. The number of amides is 1. The van der Waals surface area contributed by atoms with Crippen LogP contribution in [0.1, 0.15) is 35.7 Å². The Morgan fingerprint density at radius 3 is 2.86 bits per heavy atom. The Morgan fingerprint density at radius 2 is 2.25 bits per heavy atom. The van der Waals surface area contributed by atoms with Crippen LogP contribution in [0.2, 0.25) is 0 Å². The summed E-state index contributed by atoms with van der Waals surface area (Å²) in [7, 11) is 0. The van der Waals surface area contributed by atoms with E-state index in [4.69, 9.17) is 5.73 Å². The van der Waals surface area contributed by atoms with Gasteiger partial charge in [-0.25, -0.2) is 4.98 Å². The zero-order valence-corrected chi connectivity index (χ0v) is 14.5. The molecule has 1 saturated carbocycles. The fourth-order valence-electron chi connectivity index (χ4n) is 3.03. The van der Waals surface area contributed by atoms with Crippen molar-refractivity contribution in [3.8, 4) is 11.9 Å². The first-order valence-electron chi connectivity index (χ1n) is 8.35. The lowest BCUT2D eigenvalue weighted by molar-refractivity contribution is -0.121. The summed E-state index contributed by atoms with van der Waals surface area (Å²) in [5.74, 6) is -1.40. The number of nitrogens with zero attached hydrogens (tertiary/aromatic N) is 4. The number of primary amides is 1. The van der Waals surface area contributed by atoms with Gasteiger partial charge in [0, 0.05) is 25.1 Å². The number of pyridine rings is 1. The number of nitrogens with one attached hydrogen (secondary N) is 1. The van der Waals surface area contributed by atoms with Gasteiger partial charge in [0.2, 0.25) is 5.88 Å². The Morgan fingerprint density at radius 1 is 1.46 bits per heavy atom. The molecule has 28 heavy (non-hydrogen) atoms. The maximum Gasteiger partial charge on any atom is 0.388 e. The number of hydrogen-bond donors (Lipinski definition) is 2. The van der Waals surface area contributed by atoms with Crippen molar-refractivity contribution in [2.75, 3.05) is 5.32 Å². The fraction of sp³-hybridized carbons (Fsp3) is 0.353. The third-order valence-electron chi connectivity index (χ3n) is 4.34. The molecule has 2 aromatic rings. The molecule has 2 aromatic heterocycles. The van der Waals surface area contributed by atoms with Crippen LogP contribution in [0.4, 0.5) is 20.3 Å². The van der Waals surface area contributed by atoms with Crippen molar-refractivity contribution in [2.45, 2.75) is 31.9 Å². The predicted molar refractivity (Wildman–Crippen MR) is 91.9 cm³/mol. The number of rotatable bonds is 6. The van der Waals surface area contributed by atoms with Gasteiger partial charge in [-0.05, 0) is 12.5 Å². The van der Waals surface area contributed by atoms with Gasteiger partial charge in [-0.3, -0.25) is 14.3 Å². The summed E-state index contributed by atoms with van der Waals surface area (Å²) in [4.78, 5) is 27.1. The van der Waals surface area contributed by atoms with Crippen LogP contribution in [0.25, 0.3) is 0 Å². The number of ether oxygens (including phenoxy) is 1. The highest BCUT2D eigenvalue weighted by Gasteiger charge is 2.32. The van der Waals surface area contributed by atoms with Crippen molar-refractivity contribution >= 4 is 23.2 Å². The maximum absolute atomic E-state index is 12.2. The second-order valence-electron chi connectivity index (χ2n) is 6.21. The molecule has 2 heterocycles. The molecular formula is C17H16F2N6O3. The van der Waals surface area contributed by atoms with E-state index in [-0.39, 0.29) is 35.5 Å². The van der Waals surface area contributed by atoms with Crippen molar-refractivity contribution in [3.63, 3.8) is 0 Å². The van der Waals surface area contributed by atoms with Gasteiger partial charge < -0.3 is 15.8 Å². The Kier molecular flexibility index (Phi) is 5.49. The van der Waals surface area contributed by atoms with Crippen LogP contribution in [0, 0.1) is 17.2 Å². The van der Waals surface area contributed by atoms with Gasteiger partial charge in [-0.1, -0.05) is 0 Å². The molecule has 0 bridgehead atoms. The Labute approximate surface area is 158 Å². The van der Waals surface area contributed by atoms with Crippen LogP contribution in [0.15, 0.2) is 24.5 Å². The summed E-state index contributed by atoms with van der Waals surface area (Å²) in [5.41, 5.74) is 5.86. The average Bonchev–Trinajstić information content (AvgIpc) is 3.06. The van der Waals surface area contributed by atoms with Gasteiger partial charge in [0.15, 0.2) is 5.82 Å². The van der Waals surface area contributed by atoms with Crippen molar-refractivity contribution in [1.82, 2.24) is 14.8 Å². The number of halogens is 2. The number of carbonyl (C=O) groups excluding carboxylic acids is 2. The normalized spacial score (nSPS) is 19.3. The van der Waals surface area contributed by atoms with E-state index < -0.39 is 18.4 Å². The van der Waals surface area contributed by atoms with E-state index in [1.54, 1.807) is 0 Å². The van der Waals surface area contributed by atoms with Crippen LogP contribution in [-0.4, -0.2) is 33.1 Å². The zero-order valence-electron chi connectivity index (χ0n) is 14.5. The van der Waals surface area contributed by atoms with Gasteiger partial charge in [-0.2, -0.15) is 19.1 Å². The summed E-state index contributed by atoms with van der Waals surface area (Å²) in [5, 5.41) is 16.5. The first-order valence-corrected chi connectivity index (χ1v) is 8.35. The standard InChI is InChI=1S/C17H16F2N6O3/c18-17(19)28-14-4-1-10(7-22-14)23-16-12(15(21)27)8-25(24-16)13-3-2-11(26)5-9(13)6-20/h1,4,7-9,13,17H,2-3,5H2,(H2,21,27)(H,23,24). The minimum Gasteiger partial charge on any atom is -0.417 e. The molecule has 0 saturated heterocycles. The highest BCUT2D eigenvalue weighted by atomic mass is 19.3. The summed E-state index contributed by atoms with van der Waals surface area (Å²) in [6.45, 7) is -2.99. The van der Waals surface area contributed by atoms with E-state index in [0.717, 1.165) is 0 Å². The Bertz CT molecular complexity index is 922. The second kappa shape index (κ2) is 7.99. The largest absolute Gasteiger partial charge is 0.417 e. The molecule has 1 aliphatic rings. The molecule has 146 valence electrons. The molecule has 2 atom stereocenters. The summed E-state index contributed by atoms with van der Waals surface area (Å²) >= 11 is 0. The molecule has 1 fully saturated rings. The van der Waals surface area contributed by atoms with Crippen LogP contribution in [0.5, 0.6) is 5.88 Å².